The van der Waals surface area contributed by atoms with Gasteiger partial charge in [0.15, 0.2) is 0 Å². The first-order valence-corrected chi connectivity index (χ1v) is 4.16. The molecule has 0 saturated heterocycles. The zero-order chi connectivity index (χ0) is 10.9. The number of aryl methyl sites for hydroxylation is 2. The lowest BCUT2D eigenvalue weighted by Gasteiger charge is -2.15. The van der Waals surface area contributed by atoms with E-state index in [2.05, 4.69) is 0 Å². The van der Waals surface area contributed by atoms with Gasteiger partial charge in [-0.25, -0.2) is 13.2 Å². The lowest BCUT2D eigenvalue weighted by atomic mass is 9.98. The SMILES string of the molecule is Cc1cc(F)cc(C)c1C(O)C(F)F. The van der Waals surface area contributed by atoms with E-state index in [1.807, 2.05) is 0 Å². The monoisotopic (exact) mass is 204 g/mol. The van der Waals surface area contributed by atoms with Crippen molar-refractivity contribution in [3.8, 4) is 0 Å². The molecule has 0 amide bonds. The minimum absolute atomic E-state index is 0.112. The zero-order valence-electron chi connectivity index (χ0n) is 7.89. The van der Waals surface area contributed by atoms with Crippen molar-refractivity contribution >= 4 is 0 Å². The van der Waals surface area contributed by atoms with Gasteiger partial charge >= 0.3 is 0 Å². The molecule has 0 aromatic heterocycles. The van der Waals surface area contributed by atoms with Crippen LogP contribution >= 0.6 is 0 Å². The molecule has 0 bridgehead atoms. The first-order valence-electron chi connectivity index (χ1n) is 4.16. The van der Waals surface area contributed by atoms with E-state index in [1.165, 1.54) is 13.8 Å². The fourth-order valence-electron chi connectivity index (χ4n) is 1.51. The quantitative estimate of drug-likeness (QED) is 0.785. The highest BCUT2D eigenvalue weighted by atomic mass is 19.3. The van der Waals surface area contributed by atoms with E-state index in [0.29, 0.717) is 11.1 Å². The van der Waals surface area contributed by atoms with Gasteiger partial charge in [0.05, 0.1) is 0 Å². The molecule has 78 valence electrons. The van der Waals surface area contributed by atoms with E-state index in [1.54, 1.807) is 0 Å². The number of rotatable bonds is 2. The Hall–Kier alpha value is -1.03. The maximum atomic E-state index is 12.8. The highest BCUT2D eigenvalue weighted by molar-refractivity contribution is 5.36. The molecule has 0 radical (unpaired) electrons. The molecule has 1 N–H and O–H groups in total. The van der Waals surface area contributed by atoms with Gasteiger partial charge in [0.1, 0.15) is 11.9 Å². The third-order valence-corrected chi connectivity index (χ3v) is 2.09. The average Bonchev–Trinajstić information content (AvgIpc) is 2.01. The topological polar surface area (TPSA) is 20.2 Å². The minimum atomic E-state index is -2.85. The summed E-state index contributed by atoms with van der Waals surface area (Å²) in [6.07, 6.45) is -4.69. The highest BCUT2D eigenvalue weighted by Crippen LogP contribution is 2.27. The molecule has 1 aromatic rings. The number of hydrogen-bond acceptors (Lipinski definition) is 1. The smallest absolute Gasteiger partial charge is 0.268 e. The Morgan fingerprint density at radius 2 is 1.57 bits per heavy atom. The van der Waals surface area contributed by atoms with Crippen molar-refractivity contribution in [3.05, 3.63) is 34.6 Å². The first kappa shape index (κ1) is 11.0. The predicted molar refractivity (Wildman–Crippen MR) is 46.8 cm³/mol. The molecular weight excluding hydrogens is 193 g/mol. The molecule has 1 aromatic carbocycles. The van der Waals surface area contributed by atoms with Crippen LogP contribution in [0.25, 0.3) is 0 Å². The summed E-state index contributed by atoms with van der Waals surface area (Å²) < 4.78 is 37.3. The largest absolute Gasteiger partial charge is 0.382 e. The van der Waals surface area contributed by atoms with Crippen molar-refractivity contribution in [3.63, 3.8) is 0 Å². The van der Waals surface area contributed by atoms with Gasteiger partial charge in [-0.05, 0) is 42.7 Å². The van der Waals surface area contributed by atoms with Crippen LogP contribution in [0.5, 0.6) is 0 Å². The fourth-order valence-corrected chi connectivity index (χ4v) is 1.51. The van der Waals surface area contributed by atoms with Gasteiger partial charge in [0.25, 0.3) is 6.43 Å². The Bertz CT molecular complexity index is 313. The zero-order valence-corrected chi connectivity index (χ0v) is 7.89. The molecule has 1 nitrogen and oxygen atoms in total. The maximum absolute atomic E-state index is 12.8. The lowest BCUT2D eigenvalue weighted by Crippen LogP contribution is -2.11. The van der Waals surface area contributed by atoms with Crippen LogP contribution in [0.3, 0.4) is 0 Å². The van der Waals surface area contributed by atoms with Crippen molar-refractivity contribution in [2.45, 2.75) is 26.4 Å². The van der Waals surface area contributed by atoms with Crippen molar-refractivity contribution in [1.29, 1.82) is 0 Å². The van der Waals surface area contributed by atoms with Crippen LogP contribution in [0.15, 0.2) is 12.1 Å². The summed E-state index contributed by atoms with van der Waals surface area (Å²) in [5.74, 6) is -0.481. The van der Waals surface area contributed by atoms with E-state index in [-0.39, 0.29) is 5.56 Å². The Morgan fingerprint density at radius 3 is 1.93 bits per heavy atom. The molecule has 4 heteroatoms. The number of benzene rings is 1. The van der Waals surface area contributed by atoms with Crippen LogP contribution < -0.4 is 0 Å². The van der Waals surface area contributed by atoms with Gasteiger partial charge in [-0.2, -0.15) is 0 Å². The molecule has 1 unspecified atom stereocenters. The molecule has 0 spiro atoms. The molecular formula is C10H11F3O. The summed E-state index contributed by atoms with van der Waals surface area (Å²) in [6, 6.07) is 2.27. The summed E-state index contributed by atoms with van der Waals surface area (Å²) in [7, 11) is 0. The minimum Gasteiger partial charge on any atom is -0.382 e. The van der Waals surface area contributed by atoms with Gasteiger partial charge in [-0.3, -0.25) is 0 Å². The van der Waals surface area contributed by atoms with Gasteiger partial charge in [0, 0.05) is 0 Å². The normalized spacial score (nSPS) is 13.4. The molecule has 0 saturated carbocycles. The Balaban J connectivity index is 3.20. The molecule has 0 fully saturated rings. The van der Waals surface area contributed by atoms with E-state index >= 15 is 0 Å². The van der Waals surface area contributed by atoms with E-state index in [0.717, 1.165) is 12.1 Å². The van der Waals surface area contributed by atoms with Crippen LogP contribution in [0.1, 0.15) is 22.8 Å². The third-order valence-electron chi connectivity index (χ3n) is 2.09. The number of halogens is 3. The molecule has 0 aliphatic heterocycles. The highest BCUT2D eigenvalue weighted by Gasteiger charge is 2.22. The van der Waals surface area contributed by atoms with Crippen molar-refractivity contribution in [2.75, 3.05) is 0 Å². The summed E-state index contributed by atoms with van der Waals surface area (Å²) in [4.78, 5) is 0. The summed E-state index contributed by atoms with van der Waals surface area (Å²) in [6.45, 7) is 2.99. The van der Waals surface area contributed by atoms with Gasteiger partial charge in [-0.15, -0.1) is 0 Å². The number of hydrogen-bond donors (Lipinski definition) is 1. The van der Waals surface area contributed by atoms with Gasteiger partial charge < -0.3 is 5.11 Å². The Labute approximate surface area is 80.2 Å². The summed E-state index contributed by atoms with van der Waals surface area (Å²) >= 11 is 0. The lowest BCUT2D eigenvalue weighted by molar-refractivity contribution is -0.00652. The molecule has 0 heterocycles. The van der Waals surface area contributed by atoms with E-state index in [9.17, 15) is 18.3 Å². The molecule has 0 aliphatic carbocycles. The second-order valence-electron chi connectivity index (χ2n) is 3.23. The maximum Gasteiger partial charge on any atom is 0.268 e. The van der Waals surface area contributed by atoms with E-state index in [4.69, 9.17) is 0 Å². The summed E-state index contributed by atoms with van der Waals surface area (Å²) in [5, 5.41) is 9.18. The molecule has 1 atom stereocenters. The predicted octanol–water partition coefficient (Wildman–Crippen LogP) is 2.74. The average molecular weight is 204 g/mol. The molecule has 0 aliphatic rings. The molecule has 1 rings (SSSR count). The van der Waals surface area contributed by atoms with Crippen molar-refractivity contribution in [1.82, 2.24) is 0 Å². The van der Waals surface area contributed by atoms with Crippen LogP contribution in [0.4, 0.5) is 13.2 Å². The Kier molecular flexibility index (Phi) is 3.16. The van der Waals surface area contributed by atoms with E-state index < -0.39 is 18.3 Å². The van der Waals surface area contributed by atoms with Crippen LogP contribution in [0, 0.1) is 19.7 Å². The second kappa shape index (κ2) is 4.00. The number of alkyl halides is 2. The van der Waals surface area contributed by atoms with Crippen LogP contribution in [-0.4, -0.2) is 11.5 Å². The second-order valence-corrected chi connectivity index (χ2v) is 3.23. The standard InChI is InChI=1S/C10H11F3O/c1-5-3-7(11)4-6(2)8(5)9(14)10(12)13/h3-4,9-10,14H,1-2H3. The number of aliphatic hydroxyl groups is 1. The third kappa shape index (κ3) is 2.07. The van der Waals surface area contributed by atoms with Crippen molar-refractivity contribution < 1.29 is 18.3 Å². The fraction of sp³-hybridized carbons (Fsp3) is 0.400. The van der Waals surface area contributed by atoms with Gasteiger partial charge in [0.2, 0.25) is 0 Å². The number of aliphatic hydroxyl groups excluding tert-OH is 1. The summed E-state index contributed by atoms with van der Waals surface area (Å²) in [5.41, 5.74) is 0.798. The molecule has 14 heavy (non-hydrogen) atoms. The van der Waals surface area contributed by atoms with Crippen molar-refractivity contribution in [2.24, 2.45) is 0 Å². The van der Waals surface area contributed by atoms with Crippen LogP contribution in [-0.2, 0) is 0 Å². The first-order chi connectivity index (χ1) is 6.43. The van der Waals surface area contributed by atoms with Crippen LogP contribution in [0.2, 0.25) is 0 Å². The Morgan fingerprint density at radius 1 is 1.14 bits per heavy atom. The van der Waals surface area contributed by atoms with Gasteiger partial charge in [-0.1, -0.05) is 0 Å².